The van der Waals surface area contributed by atoms with Gasteiger partial charge in [0.1, 0.15) is 4.88 Å². The first-order valence-corrected chi connectivity index (χ1v) is 7.45. The number of hydrogen-bond donors (Lipinski definition) is 1. The zero-order chi connectivity index (χ0) is 13.8. The van der Waals surface area contributed by atoms with E-state index in [0.717, 1.165) is 41.7 Å². The number of carboxylic acid groups (broad SMARTS) is 1. The van der Waals surface area contributed by atoms with Gasteiger partial charge in [-0.15, -0.1) is 11.3 Å². The first kappa shape index (κ1) is 14.0. The van der Waals surface area contributed by atoms with E-state index in [1.165, 1.54) is 11.3 Å². The van der Waals surface area contributed by atoms with E-state index in [1.807, 2.05) is 24.3 Å². The molecule has 0 bridgehead atoms. The van der Waals surface area contributed by atoms with E-state index in [4.69, 9.17) is 0 Å². The normalized spacial score (nSPS) is 11.3. The molecule has 2 rings (SSSR count). The summed E-state index contributed by atoms with van der Waals surface area (Å²) in [7, 11) is 0. The molecule has 0 unspecified atom stereocenters. The zero-order valence-electron chi connectivity index (χ0n) is 11.3. The van der Waals surface area contributed by atoms with E-state index in [0.29, 0.717) is 4.88 Å². The first-order valence-electron chi connectivity index (χ1n) is 6.63. The fraction of sp³-hybridized carbons (Fsp3) is 0.400. The van der Waals surface area contributed by atoms with Crippen LogP contribution >= 0.6 is 11.3 Å². The Labute approximate surface area is 117 Å². The highest BCUT2D eigenvalue weighted by atomic mass is 32.1. The molecule has 1 heterocycles. The van der Waals surface area contributed by atoms with E-state index < -0.39 is 5.97 Å². The minimum absolute atomic E-state index is 0.482. The van der Waals surface area contributed by atoms with Gasteiger partial charge in [-0.1, -0.05) is 32.0 Å². The molecule has 0 amide bonds. The summed E-state index contributed by atoms with van der Waals surface area (Å²) in [6.07, 6.45) is 1.08. The maximum atomic E-state index is 11.4. The second-order valence-electron chi connectivity index (χ2n) is 4.58. The topological polar surface area (TPSA) is 40.5 Å². The average Bonchev–Trinajstić information content (AvgIpc) is 2.77. The van der Waals surface area contributed by atoms with Crippen LogP contribution in [0.15, 0.2) is 24.3 Å². The van der Waals surface area contributed by atoms with Gasteiger partial charge in [-0.3, -0.25) is 4.90 Å². The number of thiophene rings is 1. The number of rotatable bonds is 6. The molecule has 102 valence electrons. The van der Waals surface area contributed by atoms with Crippen molar-refractivity contribution in [3.05, 3.63) is 34.7 Å². The van der Waals surface area contributed by atoms with Crippen LogP contribution in [0.3, 0.4) is 0 Å². The quantitative estimate of drug-likeness (QED) is 0.872. The molecule has 2 aromatic rings. The van der Waals surface area contributed by atoms with Gasteiger partial charge in [-0.2, -0.15) is 0 Å². The maximum Gasteiger partial charge on any atom is 0.346 e. The van der Waals surface area contributed by atoms with Gasteiger partial charge < -0.3 is 5.11 Å². The molecular weight excluding hydrogens is 258 g/mol. The van der Waals surface area contributed by atoms with E-state index in [1.54, 1.807) is 0 Å². The molecule has 0 aliphatic rings. The molecule has 0 saturated carbocycles. The fourth-order valence-corrected chi connectivity index (χ4v) is 3.37. The average molecular weight is 277 g/mol. The second kappa shape index (κ2) is 6.17. The van der Waals surface area contributed by atoms with Gasteiger partial charge in [-0.25, -0.2) is 4.79 Å². The largest absolute Gasteiger partial charge is 0.477 e. The van der Waals surface area contributed by atoms with Crippen LogP contribution in [0.1, 0.15) is 35.5 Å². The maximum absolute atomic E-state index is 11.4. The van der Waals surface area contributed by atoms with Crippen LogP contribution in [0.2, 0.25) is 0 Å². The van der Waals surface area contributed by atoms with Crippen LogP contribution in [0.25, 0.3) is 10.1 Å². The number of nitrogens with zero attached hydrogens (tertiary/aromatic N) is 1. The summed E-state index contributed by atoms with van der Waals surface area (Å²) in [6.45, 7) is 6.92. The van der Waals surface area contributed by atoms with Crippen molar-refractivity contribution in [3.8, 4) is 0 Å². The number of aromatic carboxylic acids is 1. The van der Waals surface area contributed by atoms with Crippen molar-refractivity contribution >= 4 is 27.4 Å². The smallest absolute Gasteiger partial charge is 0.346 e. The highest BCUT2D eigenvalue weighted by Gasteiger charge is 2.18. The minimum Gasteiger partial charge on any atom is -0.477 e. The fourth-order valence-electron chi connectivity index (χ4n) is 2.32. The molecule has 0 fully saturated rings. The Balaban J connectivity index is 2.44. The van der Waals surface area contributed by atoms with E-state index in [2.05, 4.69) is 18.7 Å². The molecule has 19 heavy (non-hydrogen) atoms. The number of carboxylic acids is 1. The lowest BCUT2D eigenvalue weighted by atomic mass is 10.1. The summed E-state index contributed by atoms with van der Waals surface area (Å²) in [6, 6.07) is 7.94. The number of benzene rings is 1. The lowest BCUT2D eigenvalue weighted by Gasteiger charge is -2.19. The predicted molar refractivity (Wildman–Crippen MR) is 80.0 cm³/mol. The molecular formula is C15H19NO2S. The van der Waals surface area contributed by atoms with Crippen LogP contribution in [0.5, 0.6) is 0 Å². The monoisotopic (exact) mass is 277 g/mol. The molecule has 0 atom stereocenters. The summed E-state index contributed by atoms with van der Waals surface area (Å²) in [5.41, 5.74) is 0.961. The van der Waals surface area contributed by atoms with Crippen molar-refractivity contribution in [3.63, 3.8) is 0 Å². The van der Waals surface area contributed by atoms with Crippen molar-refractivity contribution in [1.82, 2.24) is 4.90 Å². The minimum atomic E-state index is -0.816. The molecule has 0 spiro atoms. The molecule has 1 N–H and O–H groups in total. The van der Waals surface area contributed by atoms with Gasteiger partial charge in [0, 0.05) is 11.2 Å². The lowest BCUT2D eigenvalue weighted by Crippen LogP contribution is -2.24. The zero-order valence-corrected chi connectivity index (χ0v) is 12.2. The van der Waals surface area contributed by atoms with Crippen molar-refractivity contribution < 1.29 is 9.90 Å². The van der Waals surface area contributed by atoms with Crippen LogP contribution < -0.4 is 0 Å². The van der Waals surface area contributed by atoms with Gasteiger partial charge in [0.15, 0.2) is 0 Å². The molecule has 0 radical (unpaired) electrons. The molecule has 0 saturated heterocycles. The SMILES string of the molecule is CCCN(CC)Cc1c(C(=O)O)sc2ccccc12. The standard InChI is InChI=1S/C15H19NO2S/c1-3-9-16(4-2)10-12-11-7-5-6-8-13(11)19-14(12)15(17)18/h5-8H,3-4,9-10H2,1-2H3,(H,17,18). The number of carbonyl (C=O) groups is 1. The predicted octanol–water partition coefficient (Wildman–Crippen LogP) is 3.83. The van der Waals surface area contributed by atoms with Crippen LogP contribution in [0, 0.1) is 0 Å². The van der Waals surface area contributed by atoms with Gasteiger partial charge in [0.2, 0.25) is 0 Å². The van der Waals surface area contributed by atoms with Gasteiger partial charge in [-0.05, 0) is 36.5 Å². The molecule has 1 aromatic heterocycles. The summed E-state index contributed by atoms with van der Waals surface area (Å²) >= 11 is 1.38. The molecule has 0 aliphatic carbocycles. The molecule has 4 heteroatoms. The van der Waals surface area contributed by atoms with Crippen molar-refractivity contribution in [2.75, 3.05) is 13.1 Å². The van der Waals surface area contributed by atoms with Crippen LogP contribution in [0.4, 0.5) is 0 Å². The third kappa shape index (κ3) is 2.96. The molecule has 1 aromatic carbocycles. The van der Waals surface area contributed by atoms with E-state index >= 15 is 0 Å². The van der Waals surface area contributed by atoms with E-state index in [9.17, 15) is 9.90 Å². The molecule has 0 aliphatic heterocycles. The Bertz CT molecular complexity index is 577. The summed E-state index contributed by atoms with van der Waals surface area (Å²) < 4.78 is 1.06. The van der Waals surface area contributed by atoms with Crippen LogP contribution in [-0.2, 0) is 6.54 Å². The van der Waals surface area contributed by atoms with Crippen molar-refractivity contribution in [2.24, 2.45) is 0 Å². The summed E-state index contributed by atoms with van der Waals surface area (Å²) in [5, 5.41) is 10.5. The highest BCUT2D eigenvalue weighted by Crippen LogP contribution is 2.32. The Morgan fingerprint density at radius 2 is 2.05 bits per heavy atom. The number of fused-ring (bicyclic) bond motifs is 1. The third-order valence-electron chi connectivity index (χ3n) is 3.26. The van der Waals surface area contributed by atoms with E-state index in [-0.39, 0.29) is 0 Å². The van der Waals surface area contributed by atoms with Gasteiger partial charge >= 0.3 is 5.97 Å². The third-order valence-corrected chi connectivity index (χ3v) is 4.46. The van der Waals surface area contributed by atoms with Crippen LogP contribution in [-0.4, -0.2) is 29.1 Å². The Hall–Kier alpha value is -1.39. The summed E-state index contributed by atoms with van der Waals surface area (Å²) in [5.74, 6) is -0.816. The van der Waals surface area contributed by atoms with Crippen molar-refractivity contribution in [1.29, 1.82) is 0 Å². The number of hydrogen-bond acceptors (Lipinski definition) is 3. The molecule has 3 nitrogen and oxygen atoms in total. The Morgan fingerprint density at radius 3 is 2.68 bits per heavy atom. The first-order chi connectivity index (χ1) is 9.17. The van der Waals surface area contributed by atoms with Gasteiger partial charge in [0.05, 0.1) is 0 Å². The van der Waals surface area contributed by atoms with Gasteiger partial charge in [0.25, 0.3) is 0 Å². The highest BCUT2D eigenvalue weighted by molar-refractivity contribution is 7.21. The Kier molecular flexibility index (Phi) is 4.56. The Morgan fingerprint density at radius 1 is 1.32 bits per heavy atom. The lowest BCUT2D eigenvalue weighted by molar-refractivity contribution is 0.0700. The second-order valence-corrected chi connectivity index (χ2v) is 5.63. The summed E-state index contributed by atoms with van der Waals surface area (Å²) in [4.78, 5) is 14.2. The van der Waals surface area contributed by atoms with Crippen molar-refractivity contribution in [2.45, 2.75) is 26.8 Å².